The number of nitrogens with one attached hydrogen (secondary N) is 1. The van der Waals surface area contributed by atoms with Crippen molar-refractivity contribution in [1.82, 2.24) is 15.3 Å². The predicted octanol–water partition coefficient (Wildman–Crippen LogP) is 2.95. The Morgan fingerprint density at radius 3 is 2.79 bits per heavy atom. The normalized spacial score (nSPS) is 12.2. The van der Waals surface area contributed by atoms with E-state index in [-0.39, 0.29) is 6.04 Å². The molecule has 0 aliphatic carbocycles. The van der Waals surface area contributed by atoms with Gasteiger partial charge in [0, 0.05) is 16.9 Å². The van der Waals surface area contributed by atoms with Gasteiger partial charge in [-0.3, -0.25) is 4.98 Å². The van der Waals surface area contributed by atoms with Gasteiger partial charge in [0.05, 0.1) is 13.2 Å². The second-order valence-electron chi connectivity index (χ2n) is 4.00. The summed E-state index contributed by atoms with van der Waals surface area (Å²) in [5.74, 6) is 0.549. The highest BCUT2D eigenvalue weighted by atomic mass is 79.9. The van der Waals surface area contributed by atoms with Crippen molar-refractivity contribution in [1.29, 1.82) is 0 Å². The van der Waals surface area contributed by atoms with Crippen LogP contribution in [0.4, 0.5) is 0 Å². The molecule has 1 atom stereocenters. The van der Waals surface area contributed by atoms with Crippen molar-refractivity contribution < 1.29 is 4.74 Å². The number of ether oxygens (including phenoxy) is 1. The molecule has 0 amide bonds. The van der Waals surface area contributed by atoms with E-state index in [1.807, 2.05) is 12.1 Å². The van der Waals surface area contributed by atoms with E-state index in [0.29, 0.717) is 5.88 Å². The van der Waals surface area contributed by atoms with Gasteiger partial charge in [-0.2, -0.15) is 0 Å². The Kier molecular flexibility index (Phi) is 4.87. The van der Waals surface area contributed by atoms with Gasteiger partial charge >= 0.3 is 0 Å². The van der Waals surface area contributed by atoms with E-state index in [2.05, 4.69) is 50.3 Å². The lowest BCUT2D eigenvalue weighted by Gasteiger charge is -2.19. The molecule has 1 heterocycles. The van der Waals surface area contributed by atoms with Crippen LogP contribution in [0, 0.1) is 0 Å². The summed E-state index contributed by atoms with van der Waals surface area (Å²) < 4.78 is 6.34. The summed E-state index contributed by atoms with van der Waals surface area (Å²) in [6, 6.07) is 8.10. The lowest BCUT2D eigenvalue weighted by molar-refractivity contribution is 0.383. The Balaban J connectivity index is 2.45. The molecule has 0 saturated carbocycles. The van der Waals surface area contributed by atoms with E-state index in [1.54, 1.807) is 19.5 Å². The topological polar surface area (TPSA) is 47.0 Å². The van der Waals surface area contributed by atoms with E-state index in [0.717, 1.165) is 22.3 Å². The zero-order valence-electron chi connectivity index (χ0n) is 10.9. The van der Waals surface area contributed by atoms with Crippen LogP contribution >= 0.6 is 15.9 Å². The smallest absolute Gasteiger partial charge is 0.237 e. The van der Waals surface area contributed by atoms with Gasteiger partial charge in [-0.1, -0.05) is 35.0 Å². The summed E-state index contributed by atoms with van der Waals surface area (Å²) in [5.41, 5.74) is 1.92. The number of hydrogen-bond donors (Lipinski definition) is 1. The van der Waals surface area contributed by atoms with Crippen LogP contribution in [0.1, 0.15) is 24.2 Å². The van der Waals surface area contributed by atoms with Gasteiger partial charge in [-0.25, -0.2) is 4.98 Å². The van der Waals surface area contributed by atoms with Crippen molar-refractivity contribution in [3.05, 3.63) is 52.4 Å². The van der Waals surface area contributed by atoms with Crippen molar-refractivity contribution >= 4 is 15.9 Å². The molecule has 0 fully saturated rings. The van der Waals surface area contributed by atoms with Crippen LogP contribution in [0.5, 0.6) is 5.88 Å². The highest BCUT2D eigenvalue weighted by molar-refractivity contribution is 9.10. The van der Waals surface area contributed by atoms with Gasteiger partial charge in [-0.15, -0.1) is 0 Å². The Labute approximate surface area is 121 Å². The predicted molar refractivity (Wildman–Crippen MR) is 78.2 cm³/mol. The molecule has 1 unspecified atom stereocenters. The summed E-state index contributed by atoms with van der Waals surface area (Å²) in [6.45, 7) is 2.89. The molecule has 2 rings (SSSR count). The van der Waals surface area contributed by atoms with Crippen LogP contribution in [-0.2, 0) is 0 Å². The molecule has 0 aliphatic rings. The molecule has 1 aromatic heterocycles. The number of nitrogens with zero attached hydrogens (tertiary/aromatic N) is 2. The average molecular weight is 322 g/mol. The highest BCUT2D eigenvalue weighted by Gasteiger charge is 2.19. The minimum atomic E-state index is -0.0360. The van der Waals surface area contributed by atoms with Crippen LogP contribution in [0.25, 0.3) is 0 Å². The summed E-state index contributed by atoms with van der Waals surface area (Å²) in [6.07, 6.45) is 3.31. The van der Waals surface area contributed by atoms with Gasteiger partial charge in [0.2, 0.25) is 5.88 Å². The monoisotopic (exact) mass is 321 g/mol. The molecule has 5 heteroatoms. The maximum absolute atomic E-state index is 5.30. The molecule has 0 spiro atoms. The molecule has 100 valence electrons. The second-order valence-corrected chi connectivity index (χ2v) is 4.91. The zero-order valence-corrected chi connectivity index (χ0v) is 12.5. The van der Waals surface area contributed by atoms with Crippen LogP contribution < -0.4 is 10.1 Å². The highest BCUT2D eigenvalue weighted by Crippen LogP contribution is 2.27. The van der Waals surface area contributed by atoms with E-state index in [9.17, 15) is 0 Å². The fraction of sp³-hybridized carbons (Fsp3) is 0.286. The number of halogens is 1. The zero-order chi connectivity index (χ0) is 13.7. The quantitative estimate of drug-likeness (QED) is 0.919. The second kappa shape index (κ2) is 6.63. The fourth-order valence-electron chi connectivity index (χ4n) is 1.95. The van der Waals surface area contributed by atoms with Gasteiger partial charge in [-0.05, 0) is 24.2 Å². The van der Waals surface area contributed by atoms with E-state index < -0.39 is 0 Å². The molecule has 19 heavy (non-hydrogen) atoms. The fourth-order valence-corrected chi connectivity index (χ4v) is 2.37. The first-order valence-electron chi connectivity index (χ1n) is 6.10. The number of benzene rings is 1. The Morgan fingerprint density at radius 1 is 1.32 bits per heavy atom. The summed E-state index contributed by atoms with van der Waals surface area (Å²) in [5, 5.41) is 3.41. The third-order valence-corrected chi connectivity index (χ3v) is 3.24. The largest absolute Gasteiger partial charge is 0.480 e. The van der Waals surface area contributed by atoms with Crippen LogP contribution in [0.15, 0.2) is 41.1 Å². The lowest BCUT2D eigenvalue weighted by Crippen LogP contribution is -2.23. The number of methoxy groups -OCH3 is 1. The number of aromatic nitrogens is 2. The van der Waals surface area contributed by atoms with Crippen molar-refractivity contribution in [2.75, 3.05) is 13.7 Å². The first kappa shape index (κ1) is 14.0. The molecular weight excluding hydrogens is 306 g/mol. The molecule has 0 saturated heterocycles. The SMILES string of the molecule is CCNC(c1cccc(Br)c1)c1nccnc1OC. The van der Waals surface area contributed by atoms with Crippen LogP contribution in [-0.4, -0.2) is 23.6 Å². The number of hydrogen-bond acceptors (Lipinski definition) is 4. The molecule has 2 aromatic rings. The summed E-state index contributed by atoms with van der Waals surface area (Å²) in [7, 11) is 1.61. The van der Waals surface area contributed by atoms with Crippen molar-refractivity contribution in [3.63, 3.8) is 0 Å². The molecule has 0 bridgehead atoms. The minimum absolute atomic E-state index is 0.0360. The maximum atomic E-state index is 5.30. The van der Waals surface area contributed by atoms with Gasteiger partial charge in [0.15, 0.2) is 0 Å². The Morgan fingerprint density at radius 2 is 2.11 bits per heavy atom. The molecule has 0 radical (unpaired) electrons. The van der Waals surface area contributed by atoms with Crippen molar-refractivity contribution in [2.45, 2.75) is 13.0 Å². The Hall–Kier alpha value is -1.46. The molecule has 0 aliphatic heterocycles. The van der Waals surface area contributed by atoms with Gasteiger partial charge in [0.1, 0.15) is 5.69 Å². The summed E-state index contributed by atoms with van der Waals surface area (Å²) >= 11 is 3.49. The third-order valence-electron chi connectivity index (χ3n) is 2.75. The minimum Gasteiger partial charge on any atom is -0.480 e. The third kappa shape index (κ3) is 3.30. The van der Waals surface area contributed by atoms with Gasteiger partial charge in [0.25, 0.3) is 0 Å². The first-order valence-corrected chi connectivity index (χ1v) is 6.89. The standard InChI is InChI=1S/C14H16BrN3O/c1-3-16-12(10-5-4-6-11(15)9-10)13-14(19-2)18-8-7-17-13/h4-9,12,16H,3H2,1-2H3. The number of rotatable bonds is 5. The van der Waals surface area contributed by atoms with Crippen LogP contribution in [0.2, 0.25) is 0 Å². The maximum Gasteiger partial charge on any atom is 0.237 e. The van der Waals surface area contributed by atoms with E-state index in [1.165, 1.54) is 0 Å². The van der Waals surface area contributed by atoms with Crippen LogP contribution in [0.3, 0.4) is 0 Å². The lowest BCUT2D eigenvalue weighted by atomic mass is 10.0. The molecule has 1 aromatic carbocycles. The van der Waals surface area contributed by atoms with Gasteiger partial charge < -0.3 is 10.1 Å². The van der Waals surface area contributed by atoms with Crippen molar-refractivity contribution in [2.24, 2.45) is 0 Å². The average Bonchev–Trinajstić information content (AvgIpc) is 2.45. The van der Waals surface area contributed by atoms with E-state index >= 15 is 0 Å². The molecule has 4 nitrogen and oxygen atoms in total. The summed E-state index contributed by atoms with van der Waals surface area (Å²) in [4.78, 5) is 8.62. The van der Waals surface area contributed by atoms with E-state index in [4.69, 9.17) is 4.74 Å². The molecule has 1 N–H and O–H groups in total. The van der Waals surface area contributed by atoms with Crippen molar-refractivity contribution in [3.8, 4) is 5.88 Å². The Bertz CT molecular complexity index is 548. The molecular formula is C14H16BrN3O. The first-order chi connectivity index (χ1) is 9.26.